The summed E-state index contributed by atoms with van der Waals surface area (Å²) < 4.78 is 35.1. The highest BCUT2D eigenvalue weighted by Gasteiger charge is 2.31. The van der Waals surface area contributed by atoms with Crippen LogP contribution in [-0.2, 0) is 4.79 Å². The number of amides is 1. The maximum absolute atomic E-state index is 11.7. The minimum absolute atomic E-state index is 0.0262. The van der Waals surface area contributed by atoms with Crippen LogP contribution in [0.5, 0.6) is 0 Å². The number of carbonyl (C=O) groups is 1. The molecule has 0 fully saturated rings. The molecule has 0 radical (unpaired) electrons. The summed E-state index contributed by atoms with van der Waals surface area (Å²) in [5.74, 6) is -1.07. The number of hydrogen-bond donors (Lipinski definition) is 2. The largest absolute Gasteiger partial charge is 0.397 e. The molecule has 0 aromatic heterocycles. The highest BCUT2D eigenvalue weighted by molar-refractivity contribution is 5.76. The van der Waals surface area contributed by atoms with E-state index in [4.69, 9.17) is 5.11 Å². The molecule has 0 aromatic carbocycles. The van der Waals surface area contributed by atoms with Gasteiger partial charge in [0, 0.05) is 18.6 Å². The molecule has 14 heavy (non-hydrogen) atoms. The summed E-state index contributed by atoms with van der Waals surface area (Å²) >= 11 is 0. The fourth-order valence-electron chi connectivity index (χ4n) is 0.638. The van der Waals surface area contributed by atoms with Crippen LogP contribution in [0.15, 0.2) is 0 Å². The molecule has 3 nitrogen and oxygen atoms in total. The van der Waals surface area contributed by atoms with Crippen molar-refractivity contribution in [2.24, 2.45) is 5.41 Å². The van der Waals surface area contributed by atoms with Gasteiger partial charge in [0.15, 0.2) is 0 Å². The normalized spacial score (nSPS) is 12.7. The summed E-state index contributed by atoms with van der Waals surface area (Å²) in [6.45, 7) is 3.11. The van der Waals surface area contributed by atoms with Gasteiger partial charge in [-0.3, -0.25) is 4.79 Å². The number of aliphatic hydroxyl groups is 1. The van der Waals surface area contributed by atoms with Crippen LogP contribution in [0.25, 0.3) is 0 Å². The van der Waals surface area contributed by atoms with E-state index in [0.29, 0.717) is 0 Å². The summed E-state index contributed by atoms with van der Waals surface area (Å²) in [5, 5.41) is 10.9. The molecule has 0 saturated carbocycles. The van der Waals surface area contributed by atoms with E-state index < -0.39 is 23.9 Å². The van der Waals surface area contributed by atoms with E-state index in [2.05, 4.69) is 5.32 Å². The van der Waals surface area contributed by atoms with Gasteiger partial charge in [-0.05, 0) is 0 Å². The maximum Gasteiger partial charge on any atom is 0.397 e. The third kappa shape index (κ3) is 6.71. The second kappa shape index (κ2) is 4.63. The lowest BCUT2D eigenvalue weighted by Crippen LogP contribution is -2.37. The van der Waals surface area contributed by atoms with Gasteiger partial charge in [0.2, 0.25) is 5.91 Å². The first-order valence-electron chi connectivity index (χ1n) is 4.11. The predicted molar refractivity (Wildman–Crippen MR) is 44.5 cm³/mol. The van der Waals surface area contributed by atoms with E-state index in [1.807, 2.05) is 0 Å². The lowest BCUT2D eigenvalue weighted by atomic mass is 9.95. The fraction of sp³-hybridized carbons (Fsp3) is 0.875. The first-order valence-corrected chi connectivity index (χ1v) is 4.11. The van der Waals surface area contributed by atoms with Gasteiger partial charge < -0.3 is 10.4 Å². The van der Waals surface area contributed by atoms with Crippen molar-refractivity contribution in [3.8, 4) is 0 Å². The van der Waals surface area contributed by atoms with Gasteiger partial charge in [-0.25, -0.2) is 0 Å². The maximum atomic E-state index is 11.7. The van der Waals surface area contributed by atoms with Gasteiger partial charge >= 0.3 is 6.18 Å². The van der Waals surface area contributed by atoms with Gasteiger partial charge in [-0.2, -0.15) is 13.2 Å². The van der Waals surface area contributed by atoms with Gasteiger partial charge in [-0.1, -0.05) is 13.8 Å². The molecule has 0 aliphatic rings. The highest BCUT2D eigenvalue weighted by Crippen LogP contribution is 2.19. The summed E-state index contributed by atoms with van der Waals surface area (Å²) in [5.41, 5.74) is -0.596. The molecule has 0 rings (SSSR count). The number of aliphatic hydroxyl groups excluding tert-OH is 1. The van der Waals surface area contributed by atoms with Gasteiger partial charge in [-0.15, -0.1) is 0 Å². The highest BCUT2D eigenvalue weighted by atomic mass is 19.4. The van der Waals surface area contributed by atoms with Crippen molar-refractivity contribution in [2.45, 2.75) is 26.4 Å². The molecular formula is C8H14F3NO2. The van der Waals surface area contributed by atoms with E-state index in [1.54, 1.807) is 13.8 Å². The Balaban J connectivity index is 3.87. The monoisotopic (exact) mass is 213 g/mol. The molecule has 0 atom stereocenters. The molecule has 0 aliphatic carbocycles. The molecule has 0 aromatic rings. The molecule has 1 amide bonds. The van der Waals surface area contributed by atoms with Crippen LogP contribution >= 0.6 is 0 Å². The molecule has 2 N–H and O–H groups in total. The third-order valence-corrected chi connectivity index (χ3v) is 1.55. The second-order valence-electron chi connectivity index (χ2n) is 3.89. The average molecular weight is 213 g/mol. The summed E-state index contributed by atoms with van der Waals surface area (Å²) in [7, 11) is 0. The number of hydrogen-bond acceptors (Lipinski definition) is 2. The average Bonchev–Trinajstić information content (AvgIpc) is 1.98. The third-order valence-electron chi connectivity index (χ3n) is 1.55. The van der Waals surface area contributed by atoms with E-state index in [-0.39, 0.29) is 13.2 Å². The molecule has 0 heterocycles. The first-order chi connectivity index (χ1) is 6.16. The molecule has 6 heteroatoms. The van der Waals surface area contributed by atoms with Crippen molar-refractivity contribution in [3.05, 3.63) is 0 Å². The zero-order valence-electron chi connectivity index (χ0n) is 8.11. The lowest BCUT2D eigenvalue weighted by Gasteiger charge is -2.21. The van der Waals surface area contributed by atoms with E-state index in [1.165, 1.54) is 0 Å². The van der Waals surface area contributed by atoms with Crippen LogP contribution < -0.4 is 5.32 Å². The Morgan fingerprint density at radius 1 is 1.36 bits per heavy atom. The molecule has 0 spiro atoms. The summed E-state index contributed by atoms with van der Waals surface area (Å²) in [6, 6.07) is 0. The summed E-state index contributed by atoms with van der Waals surface area (Å²) in [4.78, 5) is 10.7. The molecule has 84 valence electrons. The van der Waals surface area contributed by atoms with Crippen LogP contribution in [0, 0.1) is 5.41 Å². The summed E-state index contributed by atoms with van der Waals surface area (Å²) in [6.07, 6.45) is -5.96. The van der Waals surface area contributed by atoms with Crippen LogP contribution in [0.1, 0.15) is 20.3 Å². The minimum Gasteiger partial charge on any atom is -0.396 e. The van der Waals surface area contributed by atoms with Crippen molar-refractivity contribution in [3.63, 3.8) is 0 Å². The predicted octanol–water partition coefficient (Wildman–Crippen LogP) is 1.07. The molecule has 0 bridgehead atoms. The van der Waals surface area contributed by atoms with E-state index in [9.17, 15) is 18.0 Å². The molecule has 0 saturated heterocycles. The van der Waals surface area contributed by atoms with Crippen molar-refractivity contribution in [1.82, 2.24) is 5.32 Å². The second-order valence-corrected chi connectivity index (χ2v) is 3.89. The Morgan fingerprint density at radius 3 is 2.21 bits per heavy atom. The van der Waals surface area contributed by atoms with Gasteiger partial charge in [0.05, 0.1) is 0 Å². The van der Waals surface area contributed by atoms with E-state index >= 15 is 0 Å². The van der Waals surface area contributed by atoms with Crippen LogP contribution in [-0.4, -0.2) is 30.3 Å². The van der Waals surface area contributed by atoms with Gasteiger partial charge in [0.1, 0.15) is 6.42 Å². The number of rotatable bonds is 4. The van der Waals surface area contributed by atoms with Crippen LogP contribution in [0.3, 0.4) is 0 Å². The smallest absolute Gasteiger partial charge is 0.396 e. The molecular weight excluding hydrogens is 199 g/mol. The van der Waals surface area contributed by atoms with E-state index in [0.717, 1.165) is 0 Å². The van der Waals surface area contributed by atoms with Crippen LogP contribution in [0.2, 0.25) is 0 Å². The van der Waals surface area contributed by atoms with Crippen molar-refractivity contribution >= 4 is 5.91 Å². The molecule has 0 unspecified atom stereocenters. The fourth-order valence-corrected chi connectivity index (χ4v) is 0.638. The Morgan fingerprint density at radius 2 is 1.86 bits per heavy atom. The number of carbonyl (C=O) groups excluding carboxylic acids is 1. The van der Waals surface area contributed by atoms with Crippen molar-refractivity contribution < 1.29 is 23.1 Å². The Hall–Kier alpha value is -0.780. The SMILES string of the molecule is CC(C)(CO)CNC(=O)CC(F)(F)F. The minimum atomic E-state index is -4.48. The van der Waals surface area contributed by atoms with Crippen molar-refractivity contribution in [2.75, 3.05) is 13.2 Å². The first kappa shape index (κ1) is 13.2. The van der Waals surface area contributed by atoms with Gasteiger partial charge in [0.25, 0.3) is 0 Å². The van der Waals surface area contributed by atoms with Crippen LogP contribution in [0.4, 0.5) is 13.2 Å². The van der Waals surface area contributed by atoms with Crippen molar-refractivity contribution in [1.29, 1.82) is 0 Å². The lowest BCUT2D eigenvalue weighted by molar-refractivity contribution is -0.154. The standard InChI is InChI=1S/C8H14F3NO2/c1-7(2,5-13)4-12-6(14)3-8(9,10)11/h13H,3-5H2,1-2H3,(H,12,14). The quantitative estimate of drug-likeness (QED) is 0.734. The molecule has 0 aliphatic heterocycles. The number of nitrogens with one attached hydrogen (secondary N) is 1. The number of alkyl halides is 3. The Kier molecular flexibility index (Phi) is 4.38. The number of halogens is 3. The Bertz CT molecular complexity index is 201. The zero-order valence-corrected chi connectivity index (χ0v) is 8.11. The Labute approximate surface area is 80.3 Å². The zero-order chi connectivity index (χ0) is 11.4. The topological polar surface area (TPSA) is 49.3 Å².